The van der Waals surface area contributed by atoms with E-state index in [0.717, 1.165) is 32.4 Å². The third-order valence-corrected chi connectivity index (χ3v) is 4.74. The molecule has 0 spiro atoms. The quantitative estimate of drug-likeness (QED) is 0.898. The van der Waals surface area contributed by atoms with Crippen LogP contribution in [0.2, 0.25) is 0 Å². The van der Waals surface area contributed by atoms with Gasteiger partial charge in [0.25, 0.3) is 0 Å². The second kappa shape index (κ2) is 5.21. The first-order chi connectivity index (χ1) is 9.59. The van der Waals surface area contributed by atoms with Gasteiger partial charge >= 0.3 is 0 Å². The Morgan fingerprint density at radius 1 is 1.15 bits per heavy atom. The van der Waals surface area contributed by atoms with Crippen molar-refractivity contribution >= 4 is 5.91 Å². The average Bonchev–Trinajstić information content (AvgIpc) is 2.72. The van der Waals surface area contributed by atoms with E-state index in [1.54, 1.807) is 0 Å². The second-order valence-corrected chi connectivity index (χ2v) is 6.71. The summed E-state index contributed by atoms with van der Waals surface area (Å²) < 4.78 is 0. The molecule has 0 saturated carbocycles. The zero-order valence-corrected chi connectivity index (χ0v) is 12.4. The Kier molecular flexibility index (Phi) is 3.55. The highest BCUT2D eigenvalue weighted by atomic mass is 16.2. The predicted octanol–water partition coefficient (Wildman–Crippen LogP) is 2.74. The topological polar surface area (TPSA) is 32.3 Å². The molecule has 2 saturated heterocycles. The summed E-state index contributed by atoms with van der Waals surface area (Å²) in [5, 5.41) is 3.39. The normalized spacial score (nSPS) is 27.0. The van der Waals surface area contributed by atoms with Crippen LogP contribution in [-0.2, 0) is 4.79 Å². The zero-order chi connectivity index (χ0) is 14.2. The number of hydrogen-bond acceptors (Lipinski definition) is 2. The van der Waals surface area contributed by atoms with Crippen LogP contribution in [0.15, 0.2) is 30.3 Å². The van der Waals surface area contributed by atoms with Crippen molar-refractivity contribution in [1.29, 1.82) is 0 Å². The molecule has 2 fully saturated rings. The Hall–Kier alpha value is -1.35. The predicted molar refractivity (Wildman–Crippen MR) is 80.3 cm³/mol. The van der Waals surface area contributed by atoms with Crippen LogP contribution in [0.4, 0.5) is 0 Å². The summed E-state index contributed by atoms with van der Waals surface area (Å²) in [5.74, 6) is 0.332. The molecule has 3 rings (SSSR count). The maximum atomic E-state index is 12.8. The van der Waals surface area contributed by atoms with Gasteiger partial charge in [0.05, 0.1) is 6.04 Å². The number of rotatable bonds is 2. The molecule has 3 nitrogen and oxygen atoms in total. The summed E-state index contributed by atoms with van der Waals surface area (Å²) in [7, 11) is 0. The fourth-order valence-corrected chi connectivity index (χ4v) is 3.62. The van der Waals surface area contributed by atoms with E-state index in [1.165, 1.54) is 5.56 Å². The SMILES string of the molecule is CC1(C)CC(c2ccccc2)N(C2CCNCC2)C1=O. The molecule has 2 aliphatic rings. The summed E-state index contributed by atoms with van der Waals surface area (Å²) >= 11 is 0. The lowest BCUT2D eigenvalue weighted by Gasteiger charge is -2.36. The van der Waals surface area contributed by atoms with Crippen LogP contribution < -0.4 is 5.32 Å². The molecule has 1 aromatic rings. The second-order valence-electron chi connectivity index (χ2n) is 6.71. The van der Waals surface area contributed by atoms with Gasteiger partial charge in [-0.15, -0.1) is 0 Å². The average molecular weight is 272 g/mol. The monoisotopic (exact) mass is 272 g/mol. The summed E-state index contributed by atoms with van der Waals surface area (Å²) in [5.41, 5.74) is 1.05. The molecule has 0 bridgehead atoms. The van der Waals surface area contributed by atoms with Crippen LogP contribution in [-0.4, -0.2) is 29.9 Å². The zero-order valence-electron chi connectivity index (χ0n) is 12.4. The lowest BCUT2D eigenvalue weighted by molar-refractivity contribution is -0.138. The van der Waals surface area contributed by atoms with Gasteiger partial charge in [0, 0.05) is 11.5 Å². The van der Waals surface area contributed by atoms with Crippen LogP contribution in [0, 0.1) is 5.41 Å². The van der Waals surface area contributed by atoms with E-state index in [0.29, 0.717) is 11.9 Å². The van der Waals surface area contributed by atoms with Crippen molar-refractivity contribution in [1.82, 2.24) is 10.2 Å². The fourth-order valence-electron chi connectivity index (χ4n) is 3.62. The molecule has 108 valence electrons. The van der Waals surface area contributed by atoms with Crippen LogP contribution >= 0.6 is 0 Å². The molecule has 0 aliphatic carbocycles. The van der Waals surface area contributed by atoms with Crippen molar-refractivity contribution in [2.24, 2.45) is 5.41 Å². The van der Waals surface area contributed by atoms with E-state index < -0.39 is 0 Å². The number of likely N-dealkylation sites (tertiary alicyclic amines) is 1. The molecule has 1 unspecified atom stereocenters. The summed E-state index contributed by atoms with van der Waals surface area (Å²) in [6, 6.07) is 11.2. The van der Waals surface area contributed by atoms with Crippen molar-refractivity contribution in [3.05, 3.63) is 35.9 Å². The van der Waals surface area contributed by atoms with E-state index in [-0.39, 0.29) is 11.5 Å². The van der Waals surface area contributed by atoms with E-state index in [1.807, 2.05) is 6.07 Å². The number of nitrogens with one attached hydrogen (secondary N) is 1. The van der Waals surface area contributed by atoms with Gasteiger partial charge in [0.1, 0.15) is 0 Å². The Bertz CT molecular complexity index is 477. The number of carbonyl (C=O) groups is 1. The third-order valence-electron chi connectivity index (χ3n) is 4.74. The molecule has 1 N–H and O–H groups in total. The minimum Gasteiger partial charge on any atom is -0.332 e. The van der Waals surface area contributed by atoms with Crippen LogP contribution in [0.3, 0.4) is 0 Å². The van der Waals surface area contributed by atoms with Gasteiger partial charge in [0.15, 0.2) is 0 Å². The summed E-state index contributed by atoms with van der Waals surface area (Å²) in [4.78, 5) is 15.0. The Labute approximate surface area is 121 Å². The Morgan fingerprint density at radius 3 is 2.45 bits per heavy atom. The Morgan fingerprint density at radius 2 is 1.80 bits per heavy atom. The highest BCUT2D eigenvalue weighted by Gasteiger charge is 2.48. The first kappa shape index (κ1) is 13.6. The summed E-state index contributed by atoms with van der Waals surface area (Å²) in [6.07, 6.45) is 3.08. The van der Waals surface area contributed by atoms with E-state index in [2.05, 4.69) is 48.3 Å². The van der Waals surface area contributed by atoms with Gasteiger partial charge in [-0.05, 0) is 37.9 Å². The molecule has 1 atom stereocenters. The first-order valence-corrected chi connectivity index (χ1v) is 7.68. The molecule has 0 aromatic heterocycles. The van der Waals surface area contributed by atoms with Gasteiger partial charge in [-0.1, -0.05) is 44.2 Å². The molecule has 1 amide bonds. The number of amides is 1. The highest BCUT2D eigenvalue weighted by molar-refractivity contribution is 5.85. The molecule has 2 heterocycles. The van der Waals surface area contributed by atoms with Crippen molar-refractivity contribution in [3.63, 3.8) is 0 Å². The standard InChI is InChI=1S/C17H24N2O/c1-17(2)12-15(13-6-4-3-5-7-13)19(16(17)20)14-8-10-18-11-9-14/h3-7,14-15,18H,8-12H2,1-2H3. The van der Waals surface area contributed by atoms with E-state index >= 15 is 0 Å². The molecular formula is C17H24N2O. The molecule has 3 heteroatoms. The van der Waals surface area contributed by atoms with Crippen molar-refractivity contribution in [2.75, 3.05) is 13.1 Å². The molecule has 2 aliphatic heterocycles. The summed E-state index contributed by atoms with van der Waals surface area (Å²) in [6.45, 7) is 6.23. The molecule has 1 aromatic carbocycles. The number of piperidine rings is 1. The highest BCUT2D eigenvalue weighted by Crippen LogP contribution is 2.45. The lowest BCUT2D eigenvalue weighted by atomic mass is 9.88. The van der Waals surface area contributed by atoms with Crippen molar-refractivity contribution in [3.8, 4) is 0 Å². The van der Waals surface area contributed by atoms with Gasteiger partial charge < -0.3 is 10.2 Å². The lowest BCUT2D eigenvalue weighted by Crippen LogP contribution is -2.46. The first-order valence-electron chi connectivity index (χ1n) is 7.68. The van der Waals surface area contributed by atoms with Gasteiger partial charge in [-0.25, -0.2) is 0 Å². The fraction of sp³-hybridized carbons (Fsp3) is 0.588. The van der Waals surface area contributed by atoms with Crippen molar-refractivity contribution in [2.45, 2.75) is 45.2 Å². The number of hydrogen-bond donors (Lipinski definition) is 1. The molecular weight excluding hydrogens is 248 g/mol. The minimum atomic E-state index is -0.231. The number of nitrogens with zero attached hydrogens (tertiary/aromatic N) is 1. The minimum absolute atomic E-state index is 0.231. The maximum absolute atomic E-state index is 12.8. The number of carbonyl (C=O) groups excluding carboxylic acids is 1. The molecule has 20 heavy (non-hydrogen) atoms. The van der Waals surface area contributed by atoms with Crippen LogP contribution in [0.1, 0.15) is 44.7 Å². The van der Waals surface area contributed by atoms with Crippen molar-refractivity contribution < 1.29 is 4.79 Å². The van der Waals surface area contributed by atoms with Gasteiger partial charge in [0.2, 0.25) is 5.91 Å². The number of benzene rings is 1. The van der Waals surface area contributed by atoms with E-state index in [9.17, 15) is 4.79 Å². The largest absolute Gasteiger partial charge is 0.332 e. The van der Waals surface area contributed by atoms with Crippen LogP contribution in [0.5, 0.6) is 0 Å². The van der Waals surface area contributed by atoms with Gasteiger partial charge in [-0.2, -0.15) is 0 Å². The molecule has 0 radical (unpaired) electrons. The van der Waals surface area contributed by atoms with E-state index in [4.69, 9.17) is 0 Å². The Balaban J connectivity index is 1.92. The van der Waals surface area contributed by atoms with Crippen LogP contribution in [0.25, 0.3) is 0 Å². The third kappa shape index (κ3) is 2.35. The smallest absolute Gasteiger partial charge is 0.229 e. The van der Waals surface area contributed by atoms with Gasteiger partial charge in [-0.3, -0.25) is 4.79 Å². The maximum Gasteiger partial charge on any atom is 0.229 e.